The lowest BCUT2D eigenvalue weighted by Crippen LogP contribution is -2.30. The highest BCUT2D eigenvalue weighted by Crippen LogP contribution is 2.40. The number of hydrogen-bond donors (Lipinski definition) is 1. The van der Waals surface area contributed by atoms with E-state index in [1.165, 1.54) is 0 Å². The maximum atomic E-state index is 13.3. The highest BCUT2D eigenvalue weighted by atomic mass is 16.3. The molecular weight excluding hydrogens is 402 g/mol. The number of aryl methyl sites for hydroxylation is 1. The molecule has 0 spiro atoms. The van der Waals surface area contributed by atoms with Gasteiger partial charge in [-0.05, 0) is 41.2 Å². The van der Waals surface area contributed by atoms with Crippen LogP contribution in [-0.2, 0) is 16.8 Å². The monoisotopic (exact) mass is 429 g/mol. The average Bonchev–Trinajstić information content (AvgIpc) is 3.30. The first-order valence-electron chi connectivity index (χ1n) is 10.7. The van der Waals surface area contributed by atoms with Crippen LogP contribution in [0.15, 0.2) is 82.5 Å². The molecule has 5 heteroatoms. The summed E-state index contributed by atoms with van der Waals surface area (Å²) in [5, 5.41) is 10.8. The smallest absolute Gasteiger partial charge is 0.290 e. The molecule has 2 aromatic carbocycles. The van der Waals surface area contributed by atoms with Crippen molar-refractivity contribution in [2.24, 2.45) is 0 Å². The van der Waals surface area contributed by atoms with Crippen molar-refractivity contribution in [1.29, 1.82) is 0 Å². The molecule has 32 heavy (non-hydrogen) atoms. The molecule has 1 atom stereocenters. The lowest BCUT2D eigenvalue weighted by atomic mass is 9.85. The van der Waals surface area contributed by atoms with E-state index in [2.05, 4.69) is 20.8 Å². The second-order valence-electron chi connectivity index (χ2n) is 9.19. The van der Waals surface area contributed by atoms with Crippen LogP contribution < -0.4 is 0 Å². The fourth-order valence-electron chi connectivity index (χ4n) is 4.03. The van der Waals surface area contributed by atoms with E-state index >= 15 is 0 Å². The molecule has 164 valence electrons. The van der Waals surface area contributed by atoms with Gasteiger partial charge in [0, 0.05) is 6.54 Å². The summed E-state index contributed by atoms with van der Waals surface area (Å²) >= 11 is 0. The minimum atomic E-state index is -0.713. The molecule has 4 rings (SSSR count). The van der Waals surface area contributed by atoms with E-state index in [-0.39, 0.29) is 23.3 Å². The topological polar surface area (TPSA) is 70.8 Å². The van der Waals surface area contributed by atoms with Gasteiger partial charge in [0.05, 0.1) is 11.6 Å². The van der Waals surface area contributed by atoms with Gasteiger partial charge in [-0.25, -0.2) is 0 Å². The summed E-state index contributed by atoms with van der Waals surface area (Å²) < 4.78 is 5.52. The Morgan fingerprint density at radius 3 is 2.22 bits per heavy atom. The van der Waals surface area contributed by atoms with Crippen molar-refractivity contribution in [1.82, 2.24) is 4.90 Å². The van der Waals surface area contributed by atoms with Gasteiger partial charge in [-0.3, -0.25) is 9.59 Å². The molecule has 0 bridgehead atoms. The Morgan fingerprint density at radius 1 is 1.00 bits per heavy atom. The third-order valence-electron chi connectivity index (χ3n) is 5.80. The average molecular weight is 430 g/mol. The third kappa shape index (κ3) is 3.98. The number of Topliss-reactive ketones (excluding diaryl/α,β-unsaturated/α-hetero) is 1. The maximum absolute atomic E-state index is 13.3. The largest absolute Gasteiger partial charge is 0.503 e. The standard InChI is InChI=1S/C27H27NO4/c1-17-10-15-21(32-17)24(29)22-23(19-11-13-20(14-12-19)27(2,3)4)28(26(31)25(22)30)16-18-8-6-5-7-9-18/h5-15,23,30H,16H2,1-4H3. The molecular formula is C27H27NO4. The maximum Gasteiger partial charge on any atom is 0.290 e. The Balaban J connectivity index is 1.79. The van der Waals surface area contributed by atoms with Crippen molar-refractivity contribution >= 4 is 11.7 Å². The number of aliphatic hydroxyl groups excluding tert-OH is 1. The van der Waals surface area contributed by atoms with E-state index in [0.29, 0.717) is 5.76 Å². The molecule has 5 nitrogen and oxygen atoms in total. The van der Waals surface area contributed by atoms with Crippen LogP contribution in [0, 0.1) is 6.92 Å². The van der Waals surface area contributed by atoms with Gasteiger partial charge in [0.15, 0.2) is 11.5 Å². The molecule has 3 aromatic rings. The number of carbonyl (C=O) groups is 2. The van der Waals surface area contributed by atoms with Crippen LogP contribution in [0.3, 0.4) is 0 Å². The summed E-state index contributed by atoms with van der Waals surface area (Å²) in [6, 6.07) is 20.0. The molecule has 1 amide bonds. The first-order chi connectivity index (χ1) is 15.2. The van der Waals surface area contributed by atoms with E-state index in [1.54, 1.807) is 24.0 Å². The van der Waals surface area contributed by atoms with E-state index in [1.807, 2.05) is 54.6 Å². The first kappa shape index (κ1) is 21.6. The lowest BCUT2D eigenvalue weighted by Gasteiger charge is -2.27. The van der Waals surface area contributed by atoms with E-state index in [4.69, 9.17) is 4.42 Å². The fourth-order valence-corrected chi connectivity index (χ4v) is 4.03. The van der Waals surface area contributed by atoms with Gasteiger partial charge in [0.1, 0.15) is 5.76 Å². The van der Waals surface area contributed by atoms with Crippen LogP contribution in [0.1, 0.15) is 59.8 Å². The minimum Gasteiger partial charge on any atom is -0.503 e. The summed E-state index contributed by atoms with van der Waals surface area (Å²) in [6.45, 7) is 8.40. The summed E-state index contributed by atoms with van der Waals surface area (Å²) in [5.41, 5.74) is 2.83. The van der Waals surface area contributed by atoms with Crippen LogP contribution in [0.5, 0.6) is 0 Å². The van der Waals surface area contributed by atoms with Crippen LogP contribution in [0.2, 0.25) is 0 Å². The number of nitrogens with zero attached hydrogens (tertiary/aromatic N) is 1. The van der Waals surface area contributed by atoms with Crippen LogP contribution >= 0.6 is 0 Å². The Morgan fingerprint density at radius 2 is 1.66 bits per heavy atom. The van der Waals surface area contributed by atoms with Gasteiger partial charge in [0.2, 0.25) is 5.78 Å². The lowest BCUT2D eigenvalue weighted by molar-refractivity contribution is -0.130. The van der Waals surface area contributed by atoms with Gasteiger partial charge < -0.3 is 14.4 Å². The summed E-state index contributed by atoms with van der Waals surface area (Å²) in [6.07, 6.45) is 0. The minimum absolute atomic E-state index is 0.0317. The summed E-state index contributed by atoms with van der Waals surface area (Å²) in [5.74, 6) is -0.876. The Labute approximate surface area is 188 Å². The van der Waals surface area contributed by atoms with Crippen LogP contribution in [0.4, 0.5) is 0 Å². The molecule has 1 aliphatic heterocycles. The quantitative estimate of drug-likeness (QED) is 0.531. The van der Waals surface area contributed by atoms with Crippen molar-refractivity contribution in [3.8, 4) is 0 Å². The SMILES string of the molecule is Cc1ccc(C(=O)C2=C(O)C(=O)N(Cc3ccccc3)C2c2ccc(C(C)(C)C)cc2)o1. The summed E-state index contributed by atoms with van der Waals surface area (Å²) in [7, 11) is 0. The molecule has 1 N–H and O–H groups in total. The predicted octanol–water partition coefficient (Wildman–Crippen LogP) is 5.66. The number of aliphatic hydroxyl groups is 1. The normalized spacial score (nSPS) is 16.7. The van der Waals surface area contributed by atoms with Gasteiger partial charge >= 0.3 is 0 Å². The number of amides is 1. The molecule has 0 saturated heterocycles. The van der Waals surface area contributed by atoms with E-state index in [9.17, 15) is 14.7 Å². The van der Waals surface area contributed by atoms with Gasteiger partial charge in [-0.1, -0.05) is 75.4 Å². The number of benzene rings is 2. The zero-order chi connectivity index (χ0) is 23.0. The van der Waals surface area contributed by atoms with E-state index < -0.39 is 23.5 Å². The predicted molar refractivity (Wildman–Crippen MR) is 122 cm³/mol. The zero-order valence-corrected chi connectivity index (χ0v) is 18.8. The van der Waals surface area contributed by atoms with Crippen molar-refractivity contribution in [2.75, 3.05) is 0 Å². The third-order valence-corrected chi connectivity index (χ3v) is 5.80. The first-order valence-corrected chi connectivity index (χ1v) is 10.7. The molecule has 0 fully saturated rings. The molecule has 1 aliphatic rings. The second-order valence-corrected chi connectivity index (χ2v) is 9.19. The molecule has 2 heterocycles. The van der Waals surface area contributed by atoms with Crippen molar-refractivity contribution < 1.29 is 19.1 Å². The van der Waals surface area contributed by atoms with Crippen molar-refractivity contribution in [3.63, 3.8) is 0 Å². The number of furan rings is 1. The number of rotatable bonds is 5. The molecule has 0 saturated carbocycles. The molecule has 0 aliphatic carbocycles. The number of ketones is 1. The van der Waals surface area contributed by atoms with Gasteiger partial charge in [0.25, 0.3) is 5.91 Å². The van der Waals surface area contributed by atoms with Gasteiger partial charge in [-0.15, -0.1) is 0 Å². The van der Waals surface area contributed by atoms with Crippen LogP contribution in [-0.4, -0.2) is 21.7 Å². The summed E-state index contributed by atoms with van der Waals surface area (Å²) in [4.78, 5) is 28.0. The molecule has 1 unspecified atom stereocenters. The fraction of sp³-hybridized carbons (Fsp3) is 0.259. The Bertz CT molecular complexity index is 1180. The Kier molecular flexibility index (Phi) is 5.51. The zero-order valence-electron chi connectivity index (χ0n) is 18.8. The van der Waals surface area contributed by atoms with Gasteiger partial charge in [-0.2, -0.15) is 0 Å². The molecule has 0 radical (unpaired) electrons. The highest BCUT2D eigenvalue weighted by Gasteiger charge is 2.44. The second kappa shape index (κ2) is 8.15. The van der Waals surface area contributed by atoms with Crippen molar-refractivity contribution in [2.45, 2.75) is 45.7 Å². The van der Waals surface area contributed by atoms with E-state index in [0.717, 1.165) is 16.7 Å². The Hall–Kier alpha value is -3.60. The molecule has 1 aromatic heterocycles. The van der Waals surface area contributed by atoms with Crippen LogP contribution in [0.25, 0.3) is 0 Å². The van der Waals surface area contributed by atoms with Crippen molar-refractivity contribution in [3.05, 3.63) is 106 Å². The number of carbonyl (C=O) groups excluding carboxylic acids is 2. The highest BCUT2D eigenvalue weighted by molar-refractivity contribution is 6.15. The number of hydrogen-bond acceptors (Lipinski definition) is 4.